The summed E-state index contributed by atoms with van der Waals surface area (Å²) in [5.74, 6) is 1.95. The molecule has 3 nitrogen and oxygen atoms in total. The Morgan fingerprint density at radius 3 is 3.00 bits per heavy atom. The average molecular weight is 219 g/mol. The van der Waals surface area contributed by atoms with Gasteiger partial charge in [-0.3, -0.25) is 0 Å². The molecule has 88 valence electrons. The van der Waals surface area contributed by atoms with Crippen LogP contribution in [0.25, 0.3) is 0 Å². The van der Waals surface area contributed by atoms with Crippen molar-refractivity contribution in [3.8, 4) is 0 Å². The predicted octanol–water partition coefficient (Wildman–Crippen LogP) is 2.37. The van der Waals surface area contributed by atoms with Gasteiger partial charge in [-0.1, -0.05) is 13.8 Å². The van der Waals surface area contributed by atoms with Gasteiger partial charge in [-0.05, 0) is 37.8 Å². The summed E-state index contributed by atoms with van der Waals surface area (Å²) in [7, 11) is 0. The molecule has 0 saturated heterocycles. The fourth-order valence-corrected chi connectivity index (χ4v) is 2.42. The first kappa shape index (κ1) is 11.5. The molecule has 1 unspecified atom stereocenters. The highest BCUT2D eigenvalue weighted by atomic mass is 14.9. The lowest BCUT2D eigenvalue weighted by Crippen LogP contribution is -2.17. The maximum atomic E-state index is 5.67. The van der Waals surface area contributed by atoms with Crippen molar-refractivity contribution < 1.29 is 0 Å². The van der Waals surface area contributed by atoms with Crippen LogP contribution in [-0.2, 0) is 6.42 Å². The first-order chi connectivity index (χ1) is 7.72. The van der Waals surface area contributed by atoms with Gasteiger partial charge in [-0.25, -0.2) is 9.97 Å². The van der Waals surface area contributed by atoms with Crippen molar-refractivity contribution in [1.82, 2.24) is 9.97 Å². The molecule has 0 bridgehead atoms. The van der Waals surface area contributed by atoms with Crippen LogP contribution in [0.3, 0.4) is 0 Å². The maximum Gasteiger partial charge on any atom is 0.131 e. The van der Waals surface area contributed by atoms with E-state index in [1.54, 1.807) is 0 Å². The topological polar surface area (TPSA) is 51.8 Å². The molecule has 1 aliphatic carbocycles. The third-order valence-corrected chi connectivity index (χ3v) is 3.33. The molecule has 1 aliphatic rings. The summed E-state index contributed by atoms with van der Waals surface area (Å²) in [6.45, 7) is 5.04. The summed E-state index contributed by atoms with van der Waals surface area (Å²) in [6.07, 6.45) is 6.71. The highest BCUT2D eigenvalue weighted by molar-refractivity contribution is 5.25. The normalized spacial score (nSPS) is 19.9. The number of rotatable bonds is 3. The second-order valence-electron chi connectivity index (χ2n) is 4.96. The number of aromatic nitrogens is 2. The number of aryl methyl sites for hydroxylation is 1. The molecule has 0 fully saturated rings. The van der Waals surface area contributed by atoms with Crippen molar-refractivity contribution >= 4 is 0 Å². The third-order valence-electron chi connectivity index (χ3n) is 3.33. The second kappa shape index (κ2) is 4.91. The van der Waals surface area contributed by atoms with E-state index in [4.69, 9.17) is 10.7 Å². The zero-order valence-corrected chi connectivity index (χ0v) is 10.2. The van der Waals surface area contributed by atoms with Crippen LogP contribution in [-0.4, -0.2) is 16.5 Å². The molecule has 0 spiro atoms. The molecule has 3 heteroatoms. The fourth-order valence-electron chi connectivity index (χ4n) is 2.42. The van der Waals surface area contributed by atoms with Gasteiger partial charge in [0.25, 0.3) is 0 Å². The summed E-state index contributed by atoms with van der Waals surface area (Å²) in [4.78, 5) is 9.19. The summed E-state index contributed by atoms with van der Waals surface area (Å²) in [5.41, 5.74) is 8.29. The molecule has 0 radical (unpaired) electrons. The highest BCUT2D eigenvalue weighted by Gasteiger charge is 2.22. The maximum absolute atomic E-state index is 5.67. The van der Waals surface area contributed by atoms with Gasteiger partial charge in [0.05, 0.1) is 5.69 Å². The summed E-state index contributed by atoms with van der Waals surface area (Å²) in [6, 6.07) is 0. The second-order valence-corrected chi connectivity index (χ2v) is 4.96. The average Bonchev–Trinajstić information content (AvgIpc) is 2.29. The van der Waals surface area contributed by atoms with Crippen molar-refractivity contribution in [3.05, 3.63) is 23.3 Å². The molecule has 16 heavy (non-hydrogen) atoms. The molecule has 0 aliphatic heterocycles. The molecule has 1 aromatic rings. The van der Waals surface area contributed by atoms with Crippen LogP contribution >= 0.6 is 0 Å². The lowest BCUT2D eigenvalue weighted by molar-refractivity contribution is 0.504. The molecule has 0 aromatic carbocycles. The minimum atomic E-state index is 0.408. The van der Waals surface area contributed by atoms with Gasteiger partial charge < -0.3 is 5.73 Å². The van der Waals surface area contributed by atoms with E-state index in [1.807, 2.05) is 6.20 Å². The van der Waals surface area contributed by atoms with Crippen molar-refractivity contribution in [3.63, 3.8) is 0 Å². The molecule has 1 atom stereocenters. The van der Waals surface area contributed by atoms with Crippen molar-refractivity contribution in [2.24, 2.45) is 5.73 Å². The fraction of sp³-hybridized carbons (Fsp3) is 0.692. The van der Waals surface area contributed by atoms with Crippen LogP contribution in [0.15, 0.2) is 6.20 Å². The van der Waals surface area contributed by atoms with Crippen LogP contribution in [0, 0.1) is 0 Å². The Labute approximate surface area is 97.5 Å². The Morgan fingerprint density at radius 1 is 1.50 bits per heavy atom. The first-order valence-electron chi connectivity index (χ1n) is 6.28. The summed E-state index contributed by atoms with van der Waals surface area (Å²) < 4.78 is 0. The van der Waals surface area contributed by atoms with Crippen molar-refractivity contribution in [2.75, 3.05) is 6.54 Å². The molecule has 2 rings (SSSR count). The lowest BCUT2D eigenvalue weighted by Gasteiger charge is -2.24. The SMILES string of the molecule is CC(C)c1ncc2c(n1)C(CCN)CCC2. The van der Waals surface area contributed by atoms with Gasteiger partial charge in [0.15, 0.2) is 0 Å². The Hall–Kier alpha value is -0.960. The van der Waals surface area contributed by atoms with Crippen molar-refractivity contribution in [2.45, 2.75) is 51.4 Å². The van der Waals surface area contributed by atoms with Crippen LogP contribution in [0.2, 0.25) is 0 Å². The Kier molecular flexibility index (Phi) is 3.54. The van der Waals surface area contributed by atoms with E-state index in [0.717, 1.165) is 25.2 Å². The monoisotopic (exact) mass is 219 g/mol. The van der Waals surface area contributed by atoms with E-state index in [0.29, 0.717) is 11.8 Å². The zero-order chi connectivity index (χ0) is 11.5. The van der Waals surface area contributed by atoms with E-state index in [9.17, 15) is 0 Å². The van der Waals surface area contributed by atoms with E-state index in [1.165, 1.54) is 24.1 Å². The number of hydrogen-bond donors (Lipinski definition) is 1. The van der Waals surface area contributed by atoms with Crippen molar-refractivity contribution in [1.29, 1.82) is 0 Å². The van der Waals surface area contributed by atoms with E-state index < -0.39 is 0 Å². The number of nitrogens with zero attached hydrogens (tertiary/aromatic N) is 2. The Morgan fingerprint density at radius 2 is 2.31 bits per heavy atom. The largest absolute Gasteiger partial charge is 0.330 e. The Bertz CT molecular complexity index is 360. The highest BCUT2D eigenvalue weighted by Crippen LogP contribution is 2.32. The van der Waals surface area contributed by atoms with Crippen LogP contribution < -0.4 is 5.73 Å². The third kappa shape index (κ3) is 2.24. The van der Waals surface area contributed by atoms with Gasteiger partial charge in [0.2, 0.25) is 0 Å². The van der Waals surface area contributed by atoms with E-state index in [2.05, 4.69) is 18.8 Å². The quantitative estimate of drug-likeness (QED) is 0.849. The molecule has 0 amide bonds. The van der Waals surface area contributed by atoms with E-state index in [-0.39, 0.29) is 0 Å². The number of fused-ring (bicyclic) bond motifs is 1. The van der Waals surface area contributed by atoms with Gasteiger partial charge in [-0.2, -0.15) is 0 Å². The van der Waals surface area contributed by atoms with Gasteiger partial charge >= 0.3 is 0 Å². The predicted molar refractivity (Wildman–Crippen MR) is 65.5 cm³/mol. The first-order valence-corrected chi connectivity index (χ1v) is 6.28. The zero-order valence-electron chi connectivity index (χ0n) is 10.2. The van der Waals surface area contributed by atoms with Crippen LogP contribution in [0.4, 0.5) is 0 Å². The van der Waals surface area contributed by atoms with Gasteiger partial charge in [0, 0.05) is 18.0 Å². The molecule has 2 N–H and O–H groups in total. The Balaban J connectivity index is 2.32. The lowest BCUT2D eigenvalue weighted by atomic mass is 9.85. The van der Waals surface area contributed by atoms with E-state index >= 15 is 0 Å². The van der Waals surface area contributed by atoms with Crippen LogP contribution in [0.1, 0.15) is 62.0 Å². The minimum Gasteiger partial charge on any atom is -0.330 e. The summed E-state index contributed by atoms with van der Waals surface area (Å²) >= 11 is 0. The molecular weight excluding hydrogens is 198 g/mol. The number of hydrogen-bond acceptors (Lipinski definition) is 3. The van der Waals surface area contributed by atoms with Gasteiger partial charge in [0.1, 0.15) is 5.82 Å². The van der Waals surface area contributed by atoms with Gasteiger partial charge in [-0.15, -0.1) is 0 Å². The standard InChI is InChI=1S/C13H21N3/c1-9(2)13-15-8-11-5-3-4-10(6-7-14)12(11)16-13/h8-10H,3-7,14H2,1-2H3. The molecule has 1 heterocycles. The smallest absolute Gasteiger partial charge is 0.131 e. The summed E-state index contributed by atoms with van der Waals surface area (Å²) in [5, 5.41) is 0. The molecular formula is C13H21N3. The van der Waals surface area contributed by atoms with Crippen LogP contribution in [0.5, 0.6) is 0 Å². The minimum absolute atomic E-state index is 0.408. The number of nitrogens with two attached hydrogens (primary N) is 1. The molecule has 0 saturated carbocycles. The molecule has 1 aromatic heterocycles.